The molecule has 1 saturated heterocycles. The summed E-state index contributed by atoms with van der Waals surface area (Å²) in [5, 5.41) is -0.190. The molecule has 0 bridgehead atoms. The van der Waals surface area contributed by atoms with E-state index in [0.717, 1.165) is 18.4 Å². The fraction of sp³-hybridized carbons (Fsp3) is 0.344. The summed E-state index contributed by atoms with van der Waals surface area (Å²) in [6.45, 7) is 3.95. The van der Waals surface area contributed by atoms with Crippen LogP contribution in [0.3, 0.4) is 0 Å². The van der Waals surface area contributed by atoms with Gasteiger partial charge in [-0.05, 0) is 61.1 Å². The summed E-state index contributed by atoms with van der Waals surface area (Å²) in [5.41, 5.74) is 2.51. The van der Waals surface area contributed by atoms with Crippen LogP contribution in [0, 0.1) is 5.92 Å². The normalized spacial score (nSPS) is 20.1. The lowest BCUT2D eigenvalue weighted by molar-refractivity contribution is -0.180. The number of nitrogens with one attached hydrogen (secondary N) is 2. The van der Waals surface area contributed by atoms with Crippen LogP contribution in [-0.4, -0.2) is 35.7 Å². The number of carbonyl (C=O) groups is 2. The van der Waals surface area contributed by atoms with Crippen LogP contribution in [0.5, 0.6) is 0 Å². The van der Waals surface area contributed by atoms with Crippen LogP contribution in [-0.2, 0) is 30.8 Å². The average molecular weight is 574 g/mol. The third-order valence-electron chi connectivity index (χ3n) is 7.86. The fourth-order valence-electron chi connectivity index (χ4n) is 5.89. The van der Waals surface area contributed by atoms with Gasteiger partial charge in [0.05, 0.1) is 11.0 Å². The number of ketones is 1. The number of ether oxygens (including phenoxy) is 1. The van der Waals surface area contributed by atoms with Crippen LogP contribution < -0.4 is 4.72 Å². The molecule has 1 aliphatic rings. The number of carbonyl (C=O) groups excluding carboxylic acids is 2. The molecule has 3 unspecified atom stereocenters. The Kier molecular flexibility index (Phi) is 8.26. The van der Waals surface area contributed by atoms with E-state index >= 15 is 0 Å². The smallest absolute Gasteiger partial charge is 0.317 e. The fourth-order valence-corrected chi connectivity index (χ4v) is 6.89. The average Bonchev–Trinajstić information content (AvgIpc) is 3.40. The maximum absolute atomic E-state index is 13.6. The van der Waals surface area contributed by atoms with E-state index < -0.39 is 33.4 Å². The molecule has 0 spiro atoms. The molecule has 5 rings (SSSR count). The molecular formula is C32H35N3O5S. The van der Waals surface area contributed by atoms with E-state index in [4.69, 9.17) is 4.74 Å². The number of Topliss-reactive ketones (excluding diaryl/α,β-unsaturated/α-hetero) is 1. The van der Waals surface area contributed by atoms with Gasteiger partial charge in [-0.15, -0.1) is 0 Å². The van der Waals surface area contributed by atoms with Crippen molar-refractivity contribution in [3.8, 4) is 0 Å². The minimum absolute atomic E-state index is 0.122. The molecule has 2 heterocycles. The Hall–Kier alpha value is -3.98. The van der Waals surface area contributed by atoms with Gasteiger partial charge in [0.25, 0.3) is 10.0 Å². The van der Waals surface area contributed by atoms with Gasteiger partial charge >= 0.3 is 5.97 Å². The number of hydrogen-bond donors (Lipinski definition) is 2. The molecule has 2 N–H and O–H groups in total. The summed E-state index contributed by atoms with van der Waals surface area (Å²) in [7, 11) is -4.00. The number of aryl methyl sites for hydroxylation is 1. The van der Waals surface area contributed by atoms with E-state index in [9.17, 15) is 18.0 Å². The summed E-state index contributed by atoms with van der Waals surface area (Å²) in [6, 6.07) is 23.9. The Morgan fingerprint density at radius 2 is 1.76 bits per heavy atom. The van der Waals surface area contributed by atoms with Crippen LogP contribution in [0.25, 0.3) is 11.0 Å². The quantitative estimate of drug-likeness (QED) is 0.164. The van der Waals surface area contributed by atoms with Crippen molar-refractivity contribution in [2.45, 2.75) is 69.0 Å². The Balaban J connectivity index is 1.34. The van der Waals surface area contributed by atoms with Crippen LogP contribution in [0.2, 0.25) is 0 Å². The first-order chi connectivity index (χ1) is 19.7. The summed E-state index contributed by atoms with van der Waals surface area (Å²) in [6.07, 6.45) is 3.42. The van der Waals surface area contributed by atoms with E-state index in [1.807, 2.05) is 50.2 Å². The van der Waals surface area contributed by atoms with Crippen molar-refractivity contribution in [1.82, 2.24) is 9.97 Å². The number of esters is 1. The first-order valence-corrected chi connectivity index (χ1v) is 15.6. The number of imidazole rings is 1. The van der Waals surface area contributed by atoms with Gasteiger partial charge in [0, 0.05) is 18.0 Å². The van der Waals surface area contributed by atoms with Crippen molar-refractivity contribution in [3.63, 3.8) is 0 Å². The predicted molar refractivity (Wildman–Crippen MR) is 158 cm³/mol. The topological polar surface area (TPSA) is 118 Å². The molecule has 1 aromatic heterocycles. The molecule has 3 aromatic carbocycles. The zero-order valence-corrected chi connectivity index (χ0v) is 24.1. The Morgan fingerprint density at radius 1 is 1.00 bits per heavy atom. The third-order valence-corrected chi connectivity index (χ3v) is 9.07. The second-order valence-electron chi connectivity index (χ2n) is 10.8. The Bertz CT molecular complexity index is 1600. The summed E-state index contributed by atoms with van der Waals surface area (Å²) in [5.74, 6) is -2.01. The molecule has 214 valence electrons. The molecule has 41 heavy (non-hydrogen) atoms. The van der Waals surface area contributed by atoms with Gasteiger partial charge in [-0.25, -0.2) is 4.98 Å². The highest BCUT2D eigenvalue weighted by molar-refractivity contribution is 7.92. The van der Waals surface area contributed by atoms with Crippen LogP contribution in [0.15, 0.2) is 84.0 Å². The van der Waals surface area contributed by atoms with Gasteiger partial charge in [0.1, 0.15) is 11.5 Å². The van der Waals surface area contributed by atoms with Crippen LogP contribution >= 0.6 is 0 Å². The van der Waals surface area contributed by atoms with E-state index in [2.05, 4.69) is 14.7 Å². The number of hydrogen-bond acceptors (Lipinski definition) is 6. The number of cyclic esters (lactones) is 1. The number of nitrogens with zero attached hydrogens (tertiary/aromatic N) is 1. The van der Waals surface area contributed by atoms with Crippen molar-refractivity contribution in [1.29, 1.82) is 0 Å². The maximum atomic E-state index is 13.6. The largest absolute Gasteiger partial charge is 0.458 e. The van der Waals surface area contributed by atoms with Crippen molar-refractivity contribution in [2.24, 2.45) is 5.92 Å². The summed E-state index contributed by atoms with van der Waals surface area (Å²) in [4.78, 5) is 34.2. The van der Waals surface area contributed by atoms with E-state index in [1.54, 1.807) is 42.5 Å². The maximum Gasteiger partial charge on any atom is 0.317 e. The molecule has 0 saturated carbocycles. The molecule has 9 heteroatoms. The third kappa shape index (κ3) is 6.20. The summed E-state index contributed by atoms with van der Waals surface area (Å²) < 4.78 is 34.9. The van der Waals surface area contributed by atoms with Crippen molar-refractivity contribution >= 4 is 38.5 Å². The van der Waals surface area contributed by atoms with Crippen molar-refractivity contribution < 1.29 is 22.7 Å². The molecular weight excluding hydrogens is 538 g/mol. The molecule has 0 aliphatic carbocycles. The number of para-hydroxylation sites is 2. The van der Waals surface area contributed by atoms with Crippen LogP contribution in [0.4, 0.5) is 5.69 Å². The number of sulfonamides is 1. The zero-order chi connectivity index (χ0) is 29.0. The van der Waals surface area contributed by atoms with Gasteiger partial charge in [0.2, 0.25) is 5.16 Å². The Labute approximate surface area is 240 Å². The van der Waals surface area contributed by atoms with Gasteiger partial charge in [-0.3, -0.25) is 14.3 Å². The number of anilines is 1. The minimum atomic E-state index is -4.00. The van der Waals surface area contributed by atoms with E-state index in [1.165, 1.54) is 0 Å². The molecule has 8 nitrogen and oxygen atoms in total. The first-order valence-electron chi connectivity index (χ1n) is 14.1. The second-order valence-corrected chi connectivity index (χ2v) is 12.4. The molecule has 1 aliphatic heterocycles. The number of aromatic nitrogens is 2. The monoisotopic (exact) mass is 573 g/mol. The lowest BCUT2D eigenvalue weighted by Crippen LogP contribution is -2.49. The molecule has 1 fully saturated rings. The first kappa shape index (κ1) is 28.5. The number of fused-ring (bicyclic) bond motifs is 1. The number of rotatable bonds is 11. The van der Waals surface area contributed by atoms with E-state index in [0.29, 0.717) is 41.5 Å². The lowest BCUT2D eigenvalue weighted by Gasteiger charge is -2.40. The predicted octanol–water partition coefficient (Wildman–Crippen LogP) is 6.16. The van der Waals surface area contributed by atoms with E-state index in [-0.39, 0.29) is 17.4 Å². The number of aromatic amines is 1. The van der Waals surface area contributed by atoms with Crippen molar-refractivity contribution in [3.05, 3.63) is 90.0 Å². The SMILES string of the molecule is CCCC1(CCc2ccccc2)CC(=O)C(C(CC)c2cccc(NS(=O)(=O)c3nc4ccccc4[nH]3)c2)C(=O)O1. The second kappa shape index (κ2) is 11.9. The van der Waals surface area contributed by atoms with Gasteiger partial charge in [-0.1, -0.05) is 74.9 Å². The molecule has 0 radical (unpaired) electrons. The van der Waals surface area contributed by atoms with Gasteiger partial charge in [-0.2, -0.15) is 8.42 Å². The highest BCUT2D eigenvalue weighted by Gasteiger charge is 2.48. The van der Waals surface area contributed by atoms with Crippen molar-refractivity contribution in [2.75, 3.05) is 4.72 Å². The number of benzene rings is 3. The minimum Gasteiger partial charge on any atom is -0.458 e. The molecule has 4 aromatic rings. The molecule has 3 atom stereocenters. The zero-order valence-electron chi connectivity index (χ0n) is 23.3. The number of H-pyrrole nitrogens is 1. The lowest BCUT2D eigenvalue weighted by atomic mass is 9.74. The molecule has 0 amide bonds. The Morgan fingerprint density at radius 3 is 2.46 bits per heavy atom. The summed E-state index contributed by atoms with van der Waals surface area (Å²) >= 11 is 0. The van der Waals surface area contributed by atoms with Gasteiger partial charge < -0.3 is 9.72 Å². The highest BCUT2D eigenvalue weighted by atomic mass is 32.2. The highest BCUT2D eigenvalue weighted by Crippen LogP contribution is 2.41. The van der Waals surface area contributed by atoms with Crippen LogP contribution in [0.1, 0.15) is 63.0 Å². The standard InChI is InChI=1S/C32H35N3O5S/c1-3-18-32(19-17-22-11-6-5-7-12-22)21-28(36)29(30(37)40-32)25(4-2)23-13-10-14-24(20-23)35-41(38,39)31-33-26-15-8-9-16-27(26)34-31/h5-16,20,25,29,35H,3-4,17-19,21H2,1-2H3,(H,33,34). The van der Waals surface area contributed by atoms with Gasteiger partial charge in [0.15, 0.2) is 5.78 Å².